The van der Waals surface area contributed by atoms with Crippen molar-refractivity contribution in [3.8, 4) is 0 Å². The summed E-state index contributed by atoms with van der Waals surface area (Å²) >= 11 is 0. The Hall–Kier alpha value is -0.0400. The van der Waals surface area contributed by atoms with Gasteiger partial charge in [0.05, 0.1) is 0 Å². The third-order valence-electron chi connectivity index (χ3n) is 2.83. The van der Waals surface area contributed by atoms with E-state index in [9.17, 15) is 0 Å². The molecule has 0 saturated carbocycles. The minimum Gasteiger partial charge on any atom is -0.316 e. The SMILES string of the molecule is CCCC(CCC(C)C)CNCC(C)C. The Bertz CT molecular complexity index is 129. The molecular formula is C14H31N. The van der Waals surface area contributed by atoms with Gasteiger partial charge in [0.1, 0.15) is 0 Å². The molecule has 0 aromatic rings. The van der Waals surface area contributed by atoms with Gasteiger partial charge < -0.3 is 5.32 Å². The zero-order valence-electron chi connectivity index (χ0n) is 11.5. The van der Waals surface area contributed by atoms with Gasteiger partial charge >= 0.3 is 0 Å². The highest BCUT2D eigenvalue weighted by Crippen LogP contribution is 2.16. The van der Waals surface area contributed by atoms with Crippen molar-refractivity contribution in [3.63, 3.8) is 0 Å². The van der Waals surface area contributed by atoms with E-state index in [2.05, 4.69) is 39.9 Å². The molecule has 0 aliphatic heterocycles. The first-order valence-corrected chi connectivity index (χ1v) is 6.76. The van der Waals surface area contributed by atoms with Crippen LogP contribution in [0.4, 0.5) is 0 Å². The van der Waals surface area contributed by atoms with Gasteiger partial charge in [-0.15, -0.1) is 0 Å². The Morgan fingerprint density at radius 1 is 0.800 bits per heavy atom. The minimum atomic E-state index is 0.775. The van der Waals surface area contributed by atoms with E-state index in [1.807, 2.05) is 0 Å². The van der Waals surface area contributed by atoms with Gasteiger partial charge in [0.2, 0.25) is 0 Å². The molecule has 1 atom stereocenters. The first-order chi connectivity index (χ1) is 7.06. The molecule has 0 amide bonds. The van der Waals surface area contributed by atoms with Crippen LogP contribution in [0.5, 0.6) is 0 Å². The van der Waals surface area contributed by atoms with Crippen molar-refractivity contribution in [2.75, 3.05) is 13.1 Å². The van der Waals surface area contributed by atoms with Crippen LogP contribution in [0.15, 0.2) is 0 Å². The molecule has 0 radical (unpaired) electrons. The zero-order chi connectivity index (χ0) is 11.7. The molecule has 1 N–H and O–H groups in total. The summed E-state index contributed by atoms with van der Waals surface area (Å²) in [5, 5.41) is 3.59. The molecule has 0 aliphatic rings. The third kappa shape index (κ3) is 10.2. The summed E-state index contributed by atoms with van der Waals surface area (Å²) in [5.41, 5.74) is 0. The van der Waals surface area contributed by atoms with E-state index in [0.29, 0.717) is 0 Å². The van der Waals surface area contributed by atoms with Gasteiger partial charge in [-0.1, -0.05) is 47.5 Å². The second kappa shape index (κ2) is 9.21. The predicted molar refractivity (Wildman–Crippen MR) is 70.2 cm³/mol. The maximum absolute atomic E-state index is 3.59. The van der Waals surface area contributed by atoms with Gasteiger partial charge in [0, 0.05) is 0 Å². The lowest BCUT2D eigenvalue weighted by atomic mass is 9.94. The van der Waals surface area contributed by atoms with Crippen molar-refractivity contribution in [3.05, 3.63) is 0 Å². The molecule has 0 aromatic carbocycles. The van der Waals surface area contributed by atoms with E-state index < -0.39 is 0 Å². The highest BCUT2D eigenvalue weighted by Gasteiger charge is 2.08. The van der Waals surface area contributed by atoms with E-state index in [1.54, 1.807) is 0 Å². The smallest absolute Gasteiger partial charge is 0.00204 e. The average molecular weight is 213 g/mol. The molecule has 0 fully saturated rings. The van der Waals surface area contributed by atoms with Crippen LogP contribution in [0.3, 0.4) is 0 Å². The Balaban J connectivity index is 3.62. The van der Waals surface area contributed by atoms with Crippen LogP contribution in [-0.4, -0.2) is 13.1 Å². The van der Waals surface area contributed by atoms with Crippen LogP contribution in [0.2, 0.25) is 0 Å². The molecule has 92 valence electrons. The van der Waals surface area contributed by atoms with E-state index in [-0.39, 0.29) is 0 Å². The molecule has 0 heterocycles. The second-order valence-corrected chi connectivity index (χ2v) is 5.68. The number of nitrogens with one attached hydrogen (secondary N) is 1. The topological polar surface area (TPSA) is 12.0 Å². The molecule has 1 nitrogen and oxygen atoms in total. The van der Waals surface area contributed by atoms with E-state index >= 15 is 0 Å². The largest absolute Gasteiger partial charge is 0.316 e. The third-order valence-corrected chi connectivity index (χ3v) is 2.83. The first-order valence-electron chi connectivity index (χ1n) is 6.76. The molecule has 0 spiro atoms. The predicted octanol–water partition coefficient (Wildman–Crippen LogP) is 4.08. The minimum absolute atomic E-state index is 0.775. The van der Waals surface area contributed by atoms with Crippen LogP contribution in [0, 0.1) is 17.8 Å². The lowest BCUT2D eigenvalue weighted by Crippen LogP contribution is -2.26. The van der Waals surface area contributed by atoms with E-state index in [1.165, 1.54) is 38.8 Å². The fourth-order valence-electron chi connectivity index (χ4n) is 1.90. The van der Waals surface area contributed by atoms with Gasteiger partial charge in [-0.05, 0) is 43.7 Å². The molecule has 1 heteroatoms. The lowest BCUT2D eigenvalue weighted by molar-refractivity contribution is 0.369. The molecule has 0 bridgehead atoms. The second-order valence-electron chi connectivity index (χ2n) is 5.68. The van der Waals surface area contributed by atoms with Crippen LogP contribution in [0.1, 0.15) is 60.3 Å². The first kappa shape index (κ1) is 15.0. The van der Waals surface area contributed by atoms with Crippen LogP contribution >= 0.6 is 0 Å². The summed E-state index contributed by atoms with van der Waals surface area (Å²) in [5.74, 6) is 2.53. The Morgan fingerprint density at radius 3 is 1.93 bits per heavy atom. The Labute approximate surface area is 97.0 Å². The standard InChI is InChI=1S/C14H31N/c1-6-7-14(9-8-12(2)3)11-15-10-13(4)5/h12-15H,6-11H2,1-5H3. The van der Waals surface area contributed by atoms with Gasteiger partial charge in [-0.25, -0.2) is 0 Å². The van der Waals surface area contributed by atoms with Crippen molar-refractivity contribution in [2.24, 2.45) is 17.8 Å². The molecule has 1 unspecified atom stereocenters. The van der Waals surface area contributed by atoms with Crippen LogP contribution in [-0.2, 0) is 0 Å². The molecule has 0 saturated heterocycles. The summed E-state index contributed by atoms with van der Waals surface area (Å²) in [6.07, 6.45) is 5.49. The van der Waals surface area contributed by atoms with Crippen molar-refractivity contribution >= 4 is 0 Å². The molecule has 15 heavy (non-hydrogen) atoms. The quantitative estimate of drug-likeness (QED) is 0.608. The maximum atomic E-state index is 3.59. The summed E-state index contributed by atoms with van der Waals surface area (Å²) in [7, 11) is 0. The van der Waals surface area contributed by atoms with E-state index in [0.717, 1.165) is 17.8 Å². The van der Waals surface area contributed by atoms with Crippen molar-refractivity contribution in [1.29, 1.82) is 0 Å². The van der Waals surface area contributed by atoms with Crippen molar-refractivity contribution in [1.82, 2.24) is 5.32 Å². The summed E-state index contributed by atoms with van der Waals surface area (Å²) in [4.78, 5) is 0. The zero-order valence-corrected chi connectivity index (χ0v) is 11.5. The number of hydrogen-bond donors (Lipinski definition) is 1. The van der Waals surface area contributed by atoms with Gasteiger partial charge in [-0.2, -0.15) is 0 Å². The lowest BCUT2D eigenvalue weighted by Gasteiger charge is -2.18. The van der Waals surface area contributed by atoms with E-state index in [4.69, 9.17) is 0 Å². The van der Waals surface area contributed by atoms with Crippen LogP contribution < -0.4 is 5.32 Å². The van der Waals surface area contributed by atoms with Crippen LogP contribution in [0.25, 0.3) is 0 Å². The van der Waals surface area contributed by atoms with Gasteiger partial charge in [0.15, 0.2) is 0 Å². The van der Waals surface area contributed by atoms with Gasteiger partial charge in [0.25, 0.3) is 0 Å². The van der Waals surface area contributed by atoms with Crippen molar-refractivity contribution in [2.45, 2.75) is 60.3 Å². The molecule has 0 aliphatic carbocycles. The van der Waals surface area contributed by atoms with Gasteiger partial charge in [-0.3, -0.25) is 0 Å². The maximum Gasteiger partial charge on any atom is -0.00204 e. The Morgan fingerprint density at radius 2 is 1.47 bits per heavy atom. The summed E-state index contributed by atoms with van der Waals surface area (Å²) < 4.78 is 0. The monoisotopic (exact) mass is 213 g/mol. The molecule has 0 rings (SSSR count). The fraction of sp³-hybridized carbons (Fsp3) is 1.00. The normalized spacial score (nSPS) is 13.8. The summed E-state index contributed by atoms with van der Waals surface area (Å²) in [6.45, 7) is 13.9. The molecular weight excluding hydrogens is 182 g/mol. The highest BCUT2D eigenvalue weighted by atomic mass is 14.9. The fourth-order valence-corrected chi connectivity index (χ4v) is 1.90. The highest BCUT2D eigenvalue weighted by molar-refractivity contribution is 4.64. The number of rotatable bonds is 9. The average Bonchev–Trinajstić information content (AvgIpc) is 2.13. The summed E-state index contributed by atoms with van der Waals surface area (Å²) in [6, 6.07) is 0. The number of hydrogen-bond acceptors (Lipinski definition) is 1. The molecule has 0 aromatic heterocycles. The van der Waals surface area contributed by atoms with Crippen molar-refractivity contribution < 1.29 is 0 Å². The Kier molecular flexibility index (Phi) is 9.18.